The molecule has 0 amide bonds. The zero-order valence-corrected chi connectivity index (χ0v) is 7.43. The highest BCUT2D eigenvalue weighted by Gasteiger charge is 2.06. The van der Waals surface area contributed by atoms with Crippen LogP contribution in [0, 0.1) is 11.2 Å². The lowest BCUT2D eigenvalue weighted by molar-refractivity contribution is 0.384. The fourth-order valence-corrected chi connectivity index (χ4v) is 0.925. The summed E-state index contributed by atoms with van der Waals surface area (Å²) in [6.45, 7) is 0. The number of hydrogen-bond acceptors (Lipinski definition) is 3. The summed E-state index contributed by atoms with van der Waals surface area (Å²) in [7, 11) is 2.75. The summed E-state index contributed by atoms with van der Waals surface area (Å²) in [6, 6.07) is 4.22. The second-order valence-electron chi connectivity index (χ2n) is 2.38. The average molecular weight is 183 g/mol. The van der Waals surface area contributed by atoms with Crippen molar-refractivity contribution in [3.05, 3.63) is 29.6 Å². The molecule has 0 spiro atoms. The van der Waals surface area contributed by atoms with Gasteiger partial charge in [-0.25, -0.2) is 4.39 Å². The molecule has 1 N–H and O–H groups in total. The summed E-state index contributed by atoms with van der Waals surface area (Å²) in [5, 5.41) is 7.27. The highest BCUT2D eigenvalue weighted by molar-refractivity contribution is 5.91. The van der Waals surface area contributed by atoms with Gasteiger partial charge in [0.05, 0.1) is 14.2 Å². The normalized spacial score (nSPS) is 9.46. The summed E-state index contributed by atoms with van der Waals surface area (Å²) in [5.41, 5.74) is 0.390. The molecule has 0 aliphatic heterocycles. The first kappa shape index (κ1) is 9.51. The molecule has 0 aliphatic carbocycles. The van der Waals surface area contributed by atoms with Crippen LogP contribution in [-0.2, 0) is 4.74 Å². The van der Waals surface area contributed by atoms with E-state index in [1.807, 2.05) is 0 Å². The predicted octanol–water partition coefficient (Wildman–Crippen LogP) is 1.81. The number of halogens is 1. The van der Waals surface area contributed by atoms with E-state index in [0.717, 1.165) is 0 Å². The first-order chi connectivity index (χ1) is 6.19. The van der Waals surface area contributed by atoms with E-state index in [2.05, 4.69) is 4.74 Å². The Kier molecular flexibility index (Phi) is 2.84. The molecule has 1 aromatic carbocycles. The summed E-state index contributed by atoms with van der Waals surface area (Å²) in [6.07, 6.45) is 0. The van der Waals surface area contributed by atoms with Crippen molar-refractivity contribution in [3.8, 4) is 5.75 Å². The fourth-order valence-electron chi connectivity index (χ4n) is 0.925. The molecule has 13 heavy (non-hydrogen) atoms. The quantitative estimate of drug-likeness (QED) is 0.561. The van der Waals surface area contributed by atoms with Crippen molar-refractivity contribution in [3.63, 3.8) is 0 Å². The summed E-state index contributed by atoms with van der Waals surface area (Å²) < 4.78 is 22.4. The van der Waals surface area contributed by atoms with Gasteiger partial charge in [-0.1, -0.05) is 0 Å². The van der Waals surface area contributed by atoms with Gasteiger partial charge in [-0.15, -0.1) is 0 Å². The molecule has 4 heteroatoms. The minimum absolute atomic E-state index is 0.0680. The van der Waals surface area contributed by atoms with Gasteiger partial charge < -0.3 is 9.47 Å². The van der Waals surface area contributed by atoms with Crippen molar-refractivity contribution in [2.45, 2.75) is 0 Å². The lowest BCUT2D eigenvalue weighted by atomic mass is 10.2. The molecule has 0 saturated carbocycles. The molecule has 0 saturated heterocycles. The Balaban J connectivity index is 3.02. The molecule has 0 bridgehead atoms. The van der Waals surface area contributed by atoms with E-state index in [9.17, 15) is 4.39 Å². The van der Waals surface area contributed by atoms with E-state index < -0.39 is 5.82 Å². The van der Waals surface area contributed by atoms with Crippen LogP contribution in [0.25, 0.3) is 0 Å². The third-order valence-corrected chi connectivity index (χ3v) is 1.62. The topological polar surface area (TPSA) is 42.3 Å². The van der Waals surface area contributed by atoms with Gasteiger partial charge in [0.25, 0.3) is 0 Å². The molecular formula is C9H10FNO2. The van der Waals surface area contributed by atoms with Crippen molar-refractivity contribution in [2.75, 3.05) is 14.2 Å². The van der Waals surface area contributed by atoms with Crippen LogP contribution in [0.1, 0.15) is 5.56 Å². The summed E-state index contributed by atoms with van der Waals surface area (Å²) in [4.78, 5) is 0. The van der Waals surface area contributed by atoms with Crippen LogP contribution in [0.5, 0.6) is 5.75 Å². The molecule has 0 fully saturated rings. The van der Waals surface area contributed by atoms with Crippen molar-refractivity contribution in [2.24, 2.45) is 0 Å². The van der Waals surface area contributed by atoms with Gasteiger partial charge in [-0.3, -0.25) is 5.41 Å². The molecule has 0 atom stereocenters. The molecule has 0 unspecified atom stereocenters. The van der Waals surface area contributed by atoms with Crippen LogP contribution < -0.4 is 4.74 Å². The first-order valence-electron chi connectivity index (χ1n) is 3.65. The van der Waals surface area contributed by atoms with E-state index in [1.165, 1.54) is 26.4 Å². The third kappa shape index (κ3) is 1.96. The second-order valence-corrected chi connectivity index (χ2v) is 2.38. The van der Waals surface area contributed by atoms with Crippen LogP contribution in [0.15, 0.2) is 18.2 Å². The van der Waals surface area contributed by atoms with Gasteiger partial charge in [0.2, 0.25) is 5.90 Å². The molecule has 1 aromatic rings. The average Bonchev–Trinajstić information content (AvgIpc) is 2.16. The van der Waals surface area contributed by atoms with Crippen molar-refractivity contribution >= 4 is 5.90 Å². The Morgan fingerprint density at radius 2 is 2.08 bits per heavy atom. The second kappa shape index (κ2) is 3.89. The first-order valence-corrected chi connectivity index (χ1v) is 3.65. The van der Waals surface area contributed by atoms with Gasteiger partial charge in [0.1, 0.15) is 0 Å². The molecule has 0 radical (unpaired) electrons. The van der Waals surface area contributed by atoms with Gasteiger partial charge in [0.15, 0.2) is 11.6 Å². The zero-order valence-electron chi connectivity index (χ0n) is 7.43. The molecule has 0 aromatic heterocycles. The monoisotopic (exact) mass is 183 g/mol. The number of benzene rings is 1. The number of ether oxygens (including phenoxy) is 2. The van der Waals surface area contributed by atoms with Gasteiger partial charge in [0, 0.05) is 5.56 Å². The minimum Gasteiger partial charge on any atom is -0.494 e. The smallest absolute Gasteiger partial charge is 0.213 e. The Labute approximate surface area is 75.6 Å². The molecular weight excluding hydrogens is 173 g/mol. The van der Waals surface area contributed by atoms with Gasteiger partial charge >= 0.3 is 0 Å². The van der Waals surface area contributed by atoms with E-state index in [-0.39, 0.29) is 11.6 Å². The Morgan fingerprint density at radius 1 is 1.38 bits per heavy atom. The number of rotatable bonds is 2. The lowest BCUT2D eigenvalue weighted by Crippen LogP contribution is -2.02. The standard InChI is InChI=1S/C9H10FNO2/c1-12-8-4-3-6(5-7(8)10)9(11)13-2/h3-5,11H,1-2H3. The van der Waals surface area contributed by atoms with Crippen molar-refractivity contribution in [1.82, 2.24) is 0 Å². The molecule has 1 rings (SSSR count). The summed E-state index contributed by atoms with van der Waals surface area (Å²) >= 11 is 0. The maximum Gasteiger partial charge on any atom is 0.213 e. The van der Waals surface area contributed by atoms with E-state index >= 15 is 0 Å². The van der Waals surface area contributed by atoms with Crippen LogP contribution in [0.4, 0.5) is 4.39 Å². The summed E-state index contributed by atoms with van der Waals surface area (Å²) in [5.74, 6) is -0.406. The van der Waals surface area contributed by atoms with Gasteiger partial charge in [-0.05, 0) is 18.2 Å². The Morgan fingerprint density at radius 3 is 2.54 bits per heavy atom. The fraction of sp³-hybridized carbons (Fsp3) is 0.222. The highest BCUT2D eigenvalue weighted by atomic mass is 19.1. The minimum atomic E-state index is -0.498. The molecule has 3 nitrogen and oxygen atoms in total. The number of nitrogens with one attached hydrogen (secondary N) is 1. The lowest BCUT2D eigenvalue weighted by Gasteiger charge is -2.04. The SMILES string of the molecule is COC(=N)c1ccc(OC)c(F)c1. The third-order valence-electron chi connectivity index (χ3n) is 1.62. The van der Waals surface area contributed by atoms with E-state index in [4.69, 9.17) is 10.1 Å². The van der Waals surface area contributed by atoms with Crippen molar-refractivity contribution in [1.29, 1.82) is 5.41 Å². The van der Waals surface area contributed by atoms with Gasteiger partial charge in [-0.2, -0.15) is 0 Å². The zero-order chi connectivity index (χ0) is 9.84. The number of methoxy groups -OCH3 is 2. The van der Waals surface area contributed by atoms with Crippen LogP contribution in [-0.4, -0.2) is 20.1 Å². The highest BCUT2D eigenvalue weighted by Crippen LogP contribution is 2.17. The largest absolute Gasteiger partial charge is 0.494 e. The van der Waals surface area contributed by atoms with E-state index in [1.54, 1.807) is 6.07 Å². The van der Waals surface area contributed by atoms with E-state index in [0.29, 0.717) is 5.56 Å². The Hall–Kier alpha value is -1.58. The Bertz CT molecular complexity index is 325. The number of hydrogen-bond donors (Lipinski definition) is 1. The maximum absolute atomic E-state index is 13.1. The molecule has 0 heterocycles. The maximum atomic E-state index is 13.1. The van der Waals surface area contributed by atoms with Crippen LogP contribution in [0.2, 0.25) is 0 Å². The van der Waals surface area contributed by atoms with Crippen LogP contribution in [0.3, 0.4) is 0 Å². The molecule has 0 aliphatic rings. The molecule has 70 valence electrons. The van der Waals surface area contributed by atoms with Crippen LogP contribution >= 0.6 is 0 Å². The van der Waals surface area contributed by atoms with Crippen molar-refractivity contribution < 1.29 is 13.9 Å². The predicted molar refractivity (Wildman–Crippen MR) is 46.8 cm³/mol.